The zero-order valence-electron chi connectivity index (χ0n) is 22.5. The summed E-state index contributed by atoms with van der Waals surface area (Å²) < 4.78 is 51.8. The minimum absolute atomic E-state index is 0.145. The Morgan fingerprint density at radius 3 is 2.23 bits per heavy atom. The Kier molecular flexibility index (Phi) is 8.36. The highest BCUT2D eigenvalue weighted by Gasteiger charge is 2.28. The van der Waals surface area contributed by atoms with Crippen LogP contribution < -0.4 is 19.5 Å². The third-order valence-corrected chi connectivity index (χ3v) is 6.02. The van der Waals surface area contributed by atoms with Crippen molar-refractivity contribution in [3.63, 3.8) is 0 Å². The molecular weight excluding hydrogens is 514 g/mol. The van der Waals surface area contributed by atoms with Crippen LogP contribution in [0.2, 0.25) is 0 Å². The Balaban J connectivity index is 1.31. The van der Waals surface area contributed by atoms with E-state index in [9.17, 15) is 13.6 Å². The van der Waals surface area contributed by atoms with Gasteiger partial charge in [0.25, 0.3) is 0 Å². The maximum Gasteiger partial charge on any atom is 0.410 e. The minimum Gasteiger partial charge on any atom is -0.494 e. The van der Waals surface area contributed by atoms with E-state index in [1.807, 2.05) is 31.6 Å². The molecule has 0 aliphatic carbocycles. The van der Waals surface area contributed by atoms with Crippen LogP contribution in [0.25, 0.3) is 0 Å². The highest BCUT2D eigenvalue weighted by Crippen LogP contribution is 2.32. The van der Waals surface area contributed by atoms with E-state index in [1.54, 1.807) is 11.1 Å². The number of methoxy groups -OCH3 is 2. The zero-order valence-corrected chi connectivity index (χ0v) is 22.5. The van der Waals surface area contributed by atoms with Gasteiger partial charge >= 0.3 is 6.09 Å². The summed E-state index contributed by atoms with van der Waals surface area (Å²) in [6, 6.07) is 1.28. The number of halogens is 2. The molecule has 1 N–H and O–H groups in total. The van der Waals surface area contributed by atoms with Crippen molar-refractivity contribution in [1.29, 1.82) is 0 Å². The number of anilines is 2. The fourth-order valence-electron chi connectivity index (χ4n) is 4.04. The number of aromatic nitrogens is 4. The summed E-state index contributed by atoms with van der Waals surface area (Å²) in [5, 5.41) is 7.51. The standard InChI is InChI=1S/C26H32F2N6O5/c1-26(2,3)39-25(35)33-8-6-17(7-9-33)34-14-16(11-31-34)32-24-29-12-18(13-30-24)38-15-19-22(27)20(36-4)10-21(37-5)23(19)28/h10-14,17H,6-9,15H2,1-5H3,(H,29,30,32). The molecule has 4 rings (SSSR count). The molecule has 3 heterocycles. The van der Waals surface area contributed by atoms with Gasteiger partial charge in [-0.25, -0.2) is 23.5 Å². The number of nitrogens with one attached hydrogen (secondary N) is 1. The van der Waals surface area contributed by atoms with Crippen molar-refractivity contribution < 1.29 is 32.5 Å². The van der Waals surface area contributed by atoms with E-state index in [0.717, 1.165) is 18.9 Å². The molecule has 11 nitrogen and oxygen atoms in total. The maximum atomic E-state index is 14.5. The van der Waals surface area contributed by atoms with Crippen LogP contribution in [-0.2, 0) is 11.3 Å². The molecular formula is C26H32F2N6O5. The molecule has 0 spiro atoms. The molecule has 1 saturated heterocycles. The molecule has 0 unspecified atom stereocenters. The van der Waals surface area contributed by atoms with Gasteiger partial charge in [0.1, 0.15) is 12.2 Å². The average Bonchev–Trinajstić information content (AvgIpc) is 3.37. The molecule has 13 heteroatoms. The quantitative estimate of drug-likeness (QED) is 0.423. The molecule has 3 aromatic rings. The Hall–Kier alpha value is -4.16. The van der Waals surface area contributed by atoms with Crippen LogP contribution in [0.5, 0.6) is 17.2 Å². The number of hydrogen-bond donors (Lipinski definition) is 1. The van der Waals surface area contributed by atoms with Crippen molar-refractivity contribution >= 4 is 17.7 Å². The van der Waals surface area contributed by atoms with Crippen molar-refractivity contribution in [2.45, 2.75) is 51.9 Å². The smallest absolute Gasteiger partial charge is 0.410 e. The summed E-state index contributed by atoms with van der Waals surface area (Å²) in [6.07, 6.45) is 7.50. The first-order chi connectivity index (χ1) is 18.6. The van der Waals surface area contributed by atoms with E-state index in [1.165, 1.54) is 26.6 Å². The van der Waals surface area contributed by atoms with Crippen molar-refractivity contribution in [2.24, 2.45) is 0 Å². The number of rotatable bonds is 8. The molecule has 0 atom stereocenters. The van der Waals surface area contributed by atoms with Crippen LogP contribution in [0.3, 0.4) is 0 Å². The van der Waals surface area contributed by atoms with Gasteiger partial charge in [0.05, 0.1) is 50.1 Å². The summed E-state index contributed by atoms with van der Waals surface area (Å²) in [5.74, 6) is -1.55. The predicted octanol–water partition coefficient (Wildman–Crippen LogP) is 4.86. The molecule has 210 valence electrons. The molecule has 1 aromatic carbocycles. The number of carbonyl (C=O) groups is 1. The topological polar surface area (TPSA) is 113 Å². The Bertz CT molecular complexity index is 1260. The molecule has 0 radical (unpaired) electrons. The van der Waals surface area contributed by atoms with E-state index >= 15 is 0 Å². The Morgan fingerprint density at radius 1 is 1.05 bits per heavy atom. The summed E-state index contributed by atoms with van der Waals surface area (Å²) >= 11 is 0. The van der Waals surface area contributed by atoms with Gasteiger partial charge < -0.3 is 29.2 Å². The largest absolute Gasteiger partial charge is 0.494 e. The van der Waals surface area contributed by atoms with Crippen molar-refractivity contribution in [3.8, 4) is 17.2 Å². The highest BCUT2D eigenvalue weighted by atomic mass is 19.1. The average molecular weight is 547 g/mol. The normalized spacial score (nSPS) is 14.2. The second-order valence-electron chi connectivity index (χ2n) is 9.95. The van der Waals surface area contributed by atoms with Crippen LogP contribution in [0.1, 0.15) is 45.2 Å². The van der Waals surface area contributed by atoms with E-state index in [2.05, 4.69) is 20.4 Å². The lowest BCUT2D eigenvalue weighted by molar-refractivity contribution is 0.0184. The summed E-state index contributed by atoms with van der Waals surface area (Å²) in [5.41, 5.74) is -0.174. The summed E-state index contributed by atoms with van der Waals surface area (Å²) in [6.45, 7) is 6.31. The number of nitrogens with zero attached hydrogens (tertiary/aromatic N) is 5. The molecule has 2 aromatic heterocycles. The van der Waals surface area contributed by atoms with Crippen molar-refractivity contribution in [3.05, 3.63) is 48.1 Å². The lowest BCUT2D eigenvalue weighted by Gasteiger charge is -2.33. The monoisotopic (exact) mass is 546 g/mol. The van der Waals surface area contributed by atoms with Gasteiger partial charge in [0.15, 0.2) is 28.9 Å². The maximum absolute atomic E-state index is 14.5. The summed E-state index contributed by atoms with van der Waals surface area (Å²) in [4.78, 5) is 22.4. The van der Waals surface area contributed by atoms with Gasteiger partial charge in [-0.15, -0.1) is 0 Å². The number of likely N-dealkylation sites (tertiary alicyclic amines) is 1. The highest BCUT2D eigenvalue weighted by molar-refractivity contribution is 5.68. The van der Waals surface area contributed by atoms with E-state index < -0.39 is 23.8 Å². The second-order valence-corrected chi connectivity index (χ2v) is 9.95. The fourth-order valence-corrected chi connectivity index (χ4v) is 4.04. The van der Waals surface area contributed by atoms with Crippen LogP contribution in [0, 0.1) is 11.6 Å². The molecule has 0 saturated carbocycles. The molecule has 1 amide bonds. The van der Waals surface area contributed by atoms with Gasteiger partial charge in [0.2, 0.25) is 5.95 Å². The van der Waals surface area contributed by atoms with Crippen LogP contribution in [0.4, 0.5) is 25.2 Å². The molecule has 0 bridgehead atoms. The lowest BCUT2D eigenvalue weighted by Crippen LogP contribution is -2.42. The van der Waals surface area contributed by atoms with Crippen LogP contribution in [-0.4, -0.2) is 63.7 Å². The van der Waals surface area contributed by atoms with Gasteiger partial charge in [-0.1, -0.05) is 0 Å². The molecule has 39 heavy (non-hydrogen) atoms. The number of piperidine rings is 1. The predicted molar refractivity (Wildman–Crippen MR) is 137 cm³/mol. The third-order valence-electron chi connectivity index (χ3n) is 6.02. The first kappa shape index (κ1) is 27.9. The first-order valence-corrected chi connectivity index (χ1v) is 12.4. The summed E-state index contributed by atoms with van der Waals surface area (Å²) in [7, 11) is 2.55. The van der Waals surface area contributed by atoms with E-state index in [0.29, 0.717) is 24.7 Å². The van der Waals surface area contributed by atoms with Gasteiger partial charge in [-0.05, 0) is 33.6 Å². The van der Waals surface area contributed by atoms with Gasteiger partial charge in [0, 0.05) is 25.4 Å². The number of hydrogen-bond acceptors (Lipinski definition) is 9. The number of amides is 1. The number of ether oxygens (including phenoxy) is 4. The van der Waals surface area contributed by atoms with Gasteiger partial charge in [-0.2, -0.15) is 5.10 Å². The van der Waals surface area contributed by atoms with Crippen LogP contribution >= 0.6 is 0 Å². The number of benzene rings is 1. The number of carbonyl (C=O) groups excluding carboxylic acids is 1. The minimum atomic E-state index is -0.873. The molecule has 1 aliphatic heterocycles. The Labute approximate surface area is 225 Å². The molecule has 1 aliphatic rings. The van der Waals surface area contributed by atoms with Crippen molar-refractivity contribution in [1.82, 2.24) is 24.6 Å². The first-order valence-electron chi connectivity index (χ1n) is 12.4. The second kappa shape index (κ2) is 11.7. The fraction of sp³-hybridized carbons (Fsp3) is 0.462. The van der Waals surface area contributed by atoms with Crippen LogP contribution in [0.15, 0.2) is 30.9 Å². The lowest BCUT2D eigenvalue weighted by atomic mass is 10.1. The zero-order chi connectivity index (χ0) is 28.2. The molecule has 1 fully saturated rings. The third kappa shape index (κ3) is 6.84. The van der Waals surface area contributed by atoms with Crippen molar-refractivity contribution in [2.75, 3.05) is 32.6 Å². The SMILES string of the molecule is COc1cc(OC)c(F)c(COc2cnc(Nc3cnn(C4CCN(C(=O)OC(C)(C)C)CC4)c3)nc2)c1F. The van der Waals surface area contributed by atoms with E-state index in [-0.39, 0.29) is 34.9 Å². The Morgan fingerprint density at radius 2 is 1.67 bits per heavy atom. The van der Waals surface area contributed by atoms with E-state index in [4.69, 9.17) is 18.9 Å². The van der Waals surface area contributed by atoms with Gasteiger partial charge in [-0.3, -0.25) is 4.68 Å².